The number of fused-ring (bicyclic) bond motifs is 2. The van der Waals surface area contributed by atoms with E-state index in [4.69, 9.17) is 23.7 Å². The first-order chi connectivity index (χ1) is 16.6. The van der Waals surface area contributed by atoms with Crippen molar-refractivity contribution in [3.05, 3.63) is 58.2 Å². The number of benzene rings is 2. The Morgan fingerprint density at radius 3 is 2.85 bits per heavy atom. The molecule has 2 aromatic carbocycles. The van der Waals surface area contributed by atoms with Gasteiger partial charge in [0.2, 0.25) is 18.5 Å². The van der Waals surface area contributed by atoms with Crippen LogP contribution in [0.1, 0.15) is 24.3 Å². The van der Waals surface area contributed by atoms with Gasteiger partial charge in [0, 0.05) is 18.2 Å². The average Bonchev–Trinajstić information content (AvgIpc) is 3.61. The fourth-order valence-corrected chi connectivity index (χ4v) is 5.04. The molecule has 0 radical (unpaired) electrons. The van der Waals surface area contributed by atoms with Crippen molar-refractivity contribution in [3.63, 3.8) is 0 Å². The summed E-state index contributed by atoms with van der Waals surface area (Å²) in [4.78, 5) is 22.8. The van der Waals surface area contributed by atoms with E-state index in [0.717, 1.165) is 24.0 Å². The van der Waals surface area contributed by atoms with Gasteiger partial charge in [0.25, 0.3) is 5.56 Å². The largest absolute Gasteiger partial charge is 0.454 e. The third kappa shape index (κ3) is 4.03. The van der Waals surface area contributed by atoms with Crippen molar-refractivity contribution >= 4 is 22.7 Å². The molecule has 10 heteroatoms. The fourth-order valence-electron chi connectivity index (χ4n) is 4.20. The quantitative estimate of drug-likeness (QED) is 0.301. The topological polar surface area (TPSA) is 102 Å². The second-order valence-electron chi connectivity index (χ2n) is 8.34. The molecule has 2 aliphatic rings. The SMILES string of the molecule is Cc1cccc(-c2noc(CSc3nc4cc5c(cc4c(=O)n3C[C@@H]3CCCO3)OCO5)n2)c1. The van der Waals surface area contributed by atoms with Crippen LogP contribution in [0, 0.1) is 6.92 Å². The molecule has 1 saturated heterocycles. The van der Waals surface area contributed by atoms with Crippen LogP contribution in [0.2, 0.25) is 0 Å². The van der Waals surface area contributed by atoms with E-state index in [1.54, 1.807) is 16.7 Å². The van der Waals surface area contributed by atoms with E-state index in [2.05, 4.69) is 10.1 Å². The number of hydrogen-bond acceptors (Lipinski definition) is 9. The van der Waals surface area contributed by atoms with Gasteiger partial charge in [0.05, 0.1) is 29.3 Å². The molecule has 174 valence electrons. The van der Waals surface area contributed by atoms with Gasteiger partial charge in [-0.05, 0) is 31.9 Å². The maximum atomic E-state index is 13.5. The van der Waals surface area contributed by atoms with E-state index >= 15 is 0 Å². The molecule has 2 aliphatic heterocycles. The van der Waals surface area contributed by atoms with Crippen molar-refractivity contribution in [2.24, 2.45) is 0 Å². The Morgan fingerprint density at radius 1 is 1.15 bits per heavy atom. The molecule has 1 atom stereocenters. The van der Waals surface area contributed by atoms with Crippen LogP contribution in [0.3, 0.4) is 0 Å². The molecule has 0 N–H and O–H groups in total. The van der Waals surface area contributed by atoms with Crippen molar-refractivity contribution in [2.45, 2.75) is 43.3 Å². The summed E-state index contributed by atoms with van der Waals surface area (Å²) in [6.45, 7) is 3.31. The zero-order chi connectivity index (χ0) is 23.1. The summed E-state index contributed by atoms with van der Waals surface area (Å²) in [5.74, 6) is 2.53. The van der Waals surface area contributed by atoms with Gasteiger partial charge in [-0.1, -0.05) is 40.7 Å². The van der Waals surface area contributed by atoms with E-state index in [9.17, 15) is 4.79 Å². The van der Waals surface area contributed by atoms with Gasteiger partial charge >= 0.3 is 0 Å². The normalized spacial score (nSPS) is 17.0. The Labute approximate surface area is 199 Å². The summed E-state index contributed by atoms with van der Waals surface area (Å²) in [5.41, 5.74) is 2.45. The van der Waals surface area contributed by atoms with Crippen LogP contribution in [0.4, 0.5) is 0 Å². The maximum absolute atomic E-state index is 13.5. The number of rotatable bonds is 6. The summed E-state index contributed by atoms with van der Waals surface area (Å²) in [6, 6.07) is 11.4. The third-order valence-corrected chi connectivity index (χ3v) is 6.85. The molecular weight excluding hydrogens is 456 g/mol. The number of ether oxygens (including phenoxy) is 3. The van der Waals surface area contributed by atoms with Crippen molar-refractivity contribution in [1.82, 2.24) is 19.7 Å². The molecule has 0 aliphatic carbocycles. The number of hydrogen-bond donors (Lipinski definition) is 0. The Kier molecular flexibility index (Phi) is 5.46. The molecule has 1 fully saturated rings. The Hall–Kier alpha value is -3.37. The molecule has 0 amide bonds. The lowest BCUT2D eigenvalue weighted by atomic mass is 10.1. The second kappa shape index (κ2) is 8.77. The number of thioether (sulfide) groups is 1. The zero-order valence-electron chi connectivity index (χ0n) is 18.5. The highest BCUT2D eigenvalue weighted by Crippen LogP contribution is 2.35. The second-order valence-corrected chi connectivity index (χ2v) is 9.28. The van der Waals surface area contributed by atoms with Gasteiger partial charge in [-0.25, -0.2) is 4.98 Å². The first-order valence-corrected chi connectivity index (χ1v) is 12.1. The van der Waals surface area contributed by atoms with Crippen LogP contribution >= 0.6 is 11.8 Å². The van der Waals surface area contributed by atoms with Gasteiger partial charge in [-0.15, -0.1) is 0 Å². The standard InChI is InChI=1S/C24H22N4O5S/c1-14-4-2-5-15(8-14)22-26-21(33-27-22)12-34-24-25-18-10-20-19(31-13-32-20)9-17(18)23(29)28(24)11-16-6-3-7-30-16/h2,4-5,8-10,16H,3,6-7,11-13H2,1H3/t16-/m0/s1. The van der Waals surface area contributed by atoms with E-state index in [-0.39, 0.29) is 18.5 Å². The minimum Gasteiger partial charge on any atom is -0.454 e. The lowest BCUT2D eigenvalue weighted by molar-refractivity contribution is 0.0937. The molecule has 0 unspecified atom stereocenters. The minimum atomic E-state index is -0.132. The van der Waals surface area contributed by atoms with Crippen LogP contribution in [-0.4, -0.2) is 39.2 Å². The summed E-state index contributed by atoms with van der Waals surface area (Å²) in [6.07, 6.45) is 1.89. The Balaban J connectivity index is 1.32. The van der Waals surface area contributed by atoms with Gasteiger partial charge < -0.3 is 18.7 Å². The van der Waals surface area contributed by atoms with E-state index in [1.165, 1.54) is 11.8 Å². The van der Waals surface area contributed by atoms with Crippen molar-refractivity contribution < 1.29 is 18.7 Å². The van der Waals surface area contributed by atoms with Crippen LogP contribution in [0.25, 0.3) is 22.3 Å². The predicted octanol–water partition coefficient (Wildman–Crippen LogP) is 3.95. The minimum absolute atomic E-state index is 0.0124. The van der Waals surface area contributed by atoms with E-state index < -0.39 is 0 Å². The molecule has 0 spiro atoms. The number of nitrogens with zero attached hydrogens (tertiary/aromatic N) is 4. The molecule has 0 bridgehead atoms. The third-order valence-electron chi connectivity index (χ3n) is 5.89. The molecule has 6 rings (SSSR count). The molecule has 4 aromatic rings. The highest BCUT2D eigenvalue weighted by molar-refractivity contribution is 7.98. The molecule has 34 heavy (non-hydrogen) atoms. The van der Waals surface area contributed by atoms with E-state index in [1.807, 2.05) is 31.2 Å². The van der Waals surface area contributed by atoms with Gasteiger partial charge in [-0.2, -0.15) is 4.98 Å². The van der Waals surface area contributed by atoms with E-state index in [0.29, 0.717) is 58.2 Å². The van der Waals surface area contributed by atoms with Crippen molar-refractivity contribution in [2.75, 3.05) is 13.4 Å². The zero-order valence-corrected chi connectivity index (χ0v) is 19.3. The van der Waals surface area contributed by atoms with Crippen LogP contribution in [-0.2, 0) is 17.0 Å². The fraction of sp³-hybridized carbons (Fsp3) is 0.333. The smallest absolute Gasteiger partial charge is 0.262 e. The first-order valence-electron chi connectivity index (χ1n) is 11.1. The predicted molar refractivity (Wildman–Crippen MR) is 125 cm³/mol. The van der Waals surface area contributed by atoms with Crippen molar-refractivity contribution in [1.29, 1.82) is 0 Å². The summed E-state index contributed by atoms with van der Waals surface area (Å²) in [5, 5.41) is 5.18. The highest BCUT2D eigenvalue weighted by atomic mass is 32.2. The maximum Gasteiger partial charge on any atom is 0.262 e. The van der Waals surface area contributed by atoms with Crippen LogP contribution in [0.15, 0.2) is 50.9 Å². The lowest BCUT2D eigenvalue weighted by Crippen LogP contribution is -2.28. The average molecular weight is 479 g/mol. The monoisotopic (exact) mass is 478 g/mol. The molecular formula is C24H22N4O5S. The first kappa shape index (κ1) is 21.2. The number of aromatic nitrogens is 4. The number of aryl methyl sites for hydroxylation is 1. The van der Waals surface area contributed by atoms with Crippen molar-refractivity contribution in [3.8, 4) is 22.9 Å². The van der Waals surface area contributed by atoms with Crippen LogP contribution in [0.5, 0.6) is 11.5 Å². The summed E-state index contributed by atoms with van der Waals surface area (Å²) < 4.78 is 23.9. The summed E-state index contributed by atoms with van der Waals surface area (Å²) >= 11 is 1.39. The lowest BCUT2D eigenvalue weighted by Gasteiger charge is -2.16. The highest BCUT2D eigenvalue weighted by Gasteiger charge is 2.23. The van der Waals surface area contributed by atoms with Crippen LogP contribution < -0.4 is 15.0 Å². The van der Waals surface area contributed by atoms with Gasteiger partial charge in [0.15, 0.2) is 16.7 Å². The Morgan fingerprint density at radius 2 is 2.03 bits per heavy atom. The molecule has 9 nitrogen and oxygen atoms in total. The Bertz CT molecular complexity index is 1430. The summed E-state index contributed by atoms with van der Waals surface area (Å²) in [7, 11) is 0. The molecule has 0 saturated carbocycles. The van der Waals surface area contributed by atoms with Gasteiger partial charge in [-0.3, -0.25) is 9.36 Å². The molecule has 4 heterocycles. The molecule has 2 aromatic heterocycles. The van der Waals surface area contributed by atoms with Gasteiger partial charge in [0.1, 0.15) is 0 Å².